The fourth-order valence-electron chi connectivity index (χ4n) is 3.53. The number of carbonyl (C=O) groups excluding carboxylic acids is 2. The van der Waals surface area contributed by atoms with Crippen molar-refractivity contribution in [1.82, 2.24) is 4.90 Å². The molecule has 192 valence electrons. The number of unbranched alkanes of at least 4 members (excludes halogenated alkanes) is 2. The van der Waals surface area contributed by atoms with Crippen LogP contribution in [0.5, 0.6) is 0 Å². The highest BCUT2D eigenvalue weighted by Gasteiger charge is 2.38. The normalized spacial score (nSPS) is 14.2. The number of nitrogens with zero attached hydrogens (tertiary/aromatic N) is 2. The van der Waals surface area contributed by atoms with Crippen LogP contribution < -0.4 is 0 Å². The first-order chi connectivity index (χ1) is 16.6. The predicted molar refractivity (Wildman–Crippen MR) is 128 cm³/mol. The van der Waals surface area contributed by atoms with Gasteiger partial charge in [0.2, 0.25) is 0 Å². The summed E-state index contributed by atoms with van der Waals surface area (Å²) in [4.78, 5) is 37.8. The molecule has 35 heavy (non-hydrogen) atoms. The van der Waals surface area contributed by atoms with Crippen molar-refractivity contribution in [2.45, 2.75) is 66.2 Å². The Kier molecular flexibility index (Phi) is 10.1. The third-order valence-corrected chi connectivity index (χ3v) is 5.83. The van der Waals surface area contributed by atoms with E-state index in [9.17, 15) is 19.7 Å². The minimum Gasteiger partial charge on any atom is -0.434 e. The molecule has 10 heteroatoms. The second kappa shape index (κ2) is 12.8. The molecule has 0 unspecified atom stereocenters. The maximum Gasteiger partial charge on any atom is 0.513 e. The number of nitro groups is 1. The summed E-state index contributed by atoms with van der Waals surface area (Å²) in [6, 6.07) is 4.67. The van der Waals surface area contributed by atoms with Crippen LogP contribution in [0.15, 0.2) is 41.1 Å². The molecular formula is C25H34N2O8. The fourth-order valence-corrected chi connectivity index (χ4v) is 3.53. The van der Waals surface area contributed by atoms with Crippen molar-refractivity contribution in [3.8, 4) is 0 Å². The summed E-state index contributed by atoms with van der Waals surface area (Å²) in [6.07, 6.45) is 1.23. The van der Waals surface area contributed by atoms with E-state index in [1.165, 1.54) is 6.07 Å². The summed E-state index contributed by atoms with van der Waals surface area (Å²) in [6.45, 7) is 9.43. The molecule has 0 fully saturated rings. The molecule has 0 bridgehead atoms. The minimum atomic E-state index is -0.914. The highest BCUT2D eigenvalue weighted by atomic mass is 16.7. The van der Waals surface area contributed by atoms with Crippen LogP contribution in [-0.4, -0.2) is 42.4 Å². The summed E-state index contributed by atoms with van der Waals surface area (Å²) >= 11 is 0. The first kappa shape index (κ1) is 27.7. The molecule has 0 saturated heterocycles. The molecular weight excluding hydrogens is 456 g/mol. The van der Waals surface area contributed by atoms with E-state index in [0.29, 0.717) is 35.4 Å². The lowest BCUT2D eigenvalue weighted by Gasteiger charge is -2.35. The predicted octanol–water partition coefficient (Wildman–Crippen LogP) is 6.30. The lowest BCUT2D eigenvalue weighted by Crippen LogP contribution is -2.30. The van der Waals surface area contributed by atoms with Crippen molar-refractivity contribution in [2.24, 2.45) is 0 Å². The molecule has 1 aliphatic rings. The van der Waals surface area contributed by atoms with Crippen molar-refractivity contribution in [3.63, 3.8) is 0 Å². The lowest BCUT2D eigenvalue weighted by molar-refractivity contribution is -0.385. The first-order valence-corrected chi connectivity index (χ1v) is 11.7. The largest absolute Gasteiger partial charge is 0.513 e. The molecule has 1 heterocycles. The molecule has 0 atom stereocenters. The third-order valence-electron chi connectivity index (χ3n) is 5.83. The van der Waals surface area contributed by atoms with Gasteiger partial charge in [-0.15, -0.1) is 0 Å². The van der Waals surface area contributed by atoms with E-state index in [-0.39, 0.29) is 30.4 Å². The van der Waals surface area contributed by atoms with E-state index in [0.717, 1.165) is 12.8 Å². The van der Waals surface area contributed by atoms with Crippen LogP contribution in [0.3, 0.4) is 0 Å². The van der Waals surface area contributed by atoms with Crippen molar-refractivity contribution in [2.75, 3.05) is 20.3 Å². The van der Waals surface area contributed by atoms with Gasteiger partial charge in [-0.3, -0.25) is 10.1 Å². The van der Waals surface area contributed by atoms with Gasteiger partial charge in [0.15, 0.2) is 0 Å². The second-order valence-corrected chi connectivity index (χ2v) is 8.30. The van der Waals surface area contributed by atoms with Crippen LogP contribution in [-0.2, 0) is 18.9 Å². The molecule has 0 saturated carbocycles. The molecule has 0 aliphatic carbocycles. The van der Waals surface area contributed by atoms with Gasteiger partial charge in [0.05, 0.1) is 29.5 Å². The minimum absolute atomic E-state index is 0.105. The number of nitro benzene ring substituents is 1. The van der Waals surface area contributed by atoms with Crippen molar-refractivity contribution in [3.05, 3.63) is 62.4 Å². The summed E-state index contributed by atoms with van der Waals surface area (Å²) < 4.78 is 21.6. The quantitative estimate of drug-likeness (QED) is 0.161. The molecule has 0 amide bonds. The van der Waals surface area contributed by atoms with Crippen molar-refractivity contribution >= 4 is 18.0 Å². The number of rotatable bonds is 10. The van der Waals surface area contributed by atoms with Gasteiger partial charge in [0.25, 0.3) is 5.69 Å². The SMILES string of the molecule is CCCCOC(=O)OC1=C(C)N(C)C(C)=C(OC(=O)OCCCC)C1c1ccc(C)c([N+](=O)[O-])c1. The van der Waals surface area contributed by atoms with Gasteiger partial charge in [-0.1, -0.05) is 38.8 Å². The molecule has 0 radical (unpaired) electrons. The molecule has 1 aliphatic heterocycles. The Labute approximate surface area is 205 Å². The van der Waals surface area contributed by atoms with Crippen LogP contribution in [0.1, 0.15) is 70.4 Å². The van der Waals surface area contributed by atoms with Crippen LogP contribution in [0, 0.1) is 17.0 Å². The molecule has 2 rings (SSSR count). The average molecular weight is 491 g/mol. The van der Waals surface area contributed by atoms with Gasteiger partial charge < -0.3 is 23.8 Å². The first-order valence-electron chi connectivity index (χ1n) is 11.7. The zero-order chi connectivity index (χ0) is 26.1. The molecule has 1 aromatic carbocycles. The van der Waals surface area contributed by atoms with Crippen LogP contribution in [0.4, 0.5) is 15.3 Å². The number of ether oxygens (including phenoxy) is 4. The Hall–Kier alpha value is -3.56. The molecule has 10 nitrogen and oxygen atoms in total. The monoisotopic (exact) mass is 490 g/mol. The van der Waals surface area contributed by atoms with Gasteiger partial charge in [-0.05, 0) is 39.2 Å². The van der Waals surface area contributed by atoms with E-state index in [1.54, 1.807) is 44.9 Å². The Morgan fingerprint density at radius 3 is 1.86 bits per heavy atom. The number of carbonyl (C=O) groups is 2. The Morgan fingerprint density at radius 1 is 0.943 bits per heavy atom. The second-order valence-electron chi connectivity index (χ2n) is 8.30. The summed E-state index contributed by atoms with van der Waals surface area (Å²) in [5, 5.41) is 11.6. The van der Waals surface area contributed by atoms with Crippen LogP contribution in [0.2, 0.25) is 0 Å². The Balaban J connectivity index is 2.54. The van der Waals surface area contributed by atoms with Crippen LogP contribution >= 0.6 is 0 Å². The van der Waals surface area contributed by atoms with E-state index >= 15 is 0 Å². The zero-order valence-electron chi connectivity index (χ0n) is 21.2. The number of benzene rings is 1. The topological polar surface area (TPSA) is 117 Å². The van der Waals surface area contributed by atoms with Gasteiger partial charge in [0.1, 0.15) is 17.4 Å². The van der Waals surface area contributed by atoms with Crippen molar-refractivity contribution in [1.29, 1.82) is 0 Å². The Bertz CT molecular complexity index is 967. The number of hydrogen-bond acceptors (Lipinski definition) is 9. The smallest absolute Gasteiger partial charge is 0.434 e. The summed E-state index contributed by atoms with van der Waals surface area (Å²) in [5.41, 5.74) is 1.91. The third kappa shape index (κ3) is 6.97. The number of allylic oxidation sites excluding steroid dienone is 2. The van der Waals surface area contributed by atoms with Gasteiger partial charge in [0, 0.05) is 18.7 Å². The molecule has 0 N–H and O–H groups in total. The van der Waals surface area contributed by atoms with Gasteiger partial charge in [-0.25, -0.2) is 9.59 Å². The fraction of sp³-hybridized carbons (Fsp3) is 0.520. The average Bonchev–Trinajstić information content (AvgIpc) is 2.81. The van der Waals surface area contributed by atoms with E-state index in [1.807, 2.05) is 13.8 Å². The maximum absolute atomic E-state index is 12.5. The molecule has 0 spiro atoms. The highest BCUT2D eigenvalue weighted by molar-refractivity contribution is 5.65. The number of hydrogen-bond donors (Lipinski definition) is 0. The highest BCUT2D eigenvalue weighted by Crippen LogP contribution is 2.43. The lowest BCUT2D eigenvalue weighted by atomic mass is 9.89. The summed E-state index contributed by atoms with van der Waals surface area (Å²) in [5.74, 6) is -0.619. The standard InChI is InChI=1S/C25H34N2O8/c1-7-9-13-32-24(28)34-22-17(4)26(6)18(5)23(35-25(29)33-14-10-8-2)21(22)19-12-11-16(3)20(15-19)27(30)31/h11-12,15,21H,7-10,13-14H2,1-6H3. The van der Waals surface area contributed by atoms with E-state index < -0.39 is 23.2 Å². The van der Waals surface area contributed by atoms with Crippen molar-refractivity contribution < 1.29 is 33.5 Å². The number of aryl methyl sites for hydroxylation is 1. The van der Waals surface area contributed by atoms with Gasteiger partial charge in [-0.2, -0.15) is 0 Å². The zero-order valence-corrected chi connectivity index (χ0v) is 21.2. The van der Waals surface area contributed by atoms with E-state index in [4.69, 9.17) is 18.9 Å². The summed E-state index contributed by atoms with van der Waals surface area (Å²) in [7, 11) is 1.73. The van der Waals surface area contributed by atoms with Gasteiger partial charge >= 0.3 is 12.3 Å². The Morgan fingerprint density at radius 2 is 1.43 bits per heavy atom. The van der Waals surface area contributed by atoms with Crippen LogP contribution in [0.25, 0.3) is 0 Å². The molecule has 0 aromatic heterocycles. The molecule has 1 aromatic rings. The van der Waals surface area contributed by atoms with E-state index in [2.05, 4.69) is 0 Å². The maximum atomic E-state index is 12.5.